The first-order valence-corrected chi connectivity index (χ1v) is 5.47. The monoisotopic (exact) mass is 224 g/mol. The first-order valence-electron chi connectivity index (χ1n) is 5.47. The second-order valence-electron chi connectivity index (χ2n) is 3.88. The van der Waals surface area contributed by atoms with Crippen molar-refractivity contribution in [3.8, 4) is 0 Å². The SMILES string of the molecule is Cc1cccc2nnc(Nc3ccccc3)n12. The highest BCUT2D eigenvalue weighted by atomic mass is 15.3. The van der Waals surface area contributed by atoms with Crippen LogP contribution in [0.25, 0.3) is 5.65 Å². The van der Waals surface area contributed by atoms with Crippen molar-refractivity contribution in [3.63, 3.8) is 0 Å². The fraction of sp³-hybridized carbons (Fsp3) is 0.0769. The van der Waals surface area contributed by atoms with Crippen molar-refractivity contribution in [1.82, 2.24) is 14.6 Å². The van der Waals surface area contributed by atoms with Crippen molar-refractivity contribution in [1.29, 1.82) is 0 Å². The van der Waals surface area contributed by atoms with Gasteiger partial charge >= 0.3 is 0 Å². The molecular formula is C13H12N4. The fourth-order valence-electron chi connectivity index (χ4n) is 1.83. The Labute approximate surface area is 98.9 Å². The lowest BCUT2D eigenvalue weighted by Crippen LogP contribution is -1.98. The molecule has 0 aliphatic heterocycles. The van der Waals surface area contributed by atoms with Gasteiger partial charge in [0.25, 0.3) is 0 Å². The highest BCUT2D eigenvalue weighted by Crippen LogP contribution is 2.16. The number of nitrogens with one attached hydrogen (secondary N) is 1. The molecular weight excluding hydrogens is 212 g/mol. The van der Waals surface area contributed by atoms with Crippen LogP contribution in [0.4, 0.5) is 11.6 Å². The van der Waals surface area contributed by atoms with Gasteiger partial charge in [-0.15, -0.1) is 10.2 Å². The summed E-state index contributed by atoms with van der Waals surface area (Å²) in [4.78, 5) is 0. The van der Waals surface area contributed by atoms with Crippen molar-refractivity contribution in [2.45, 2.75) is 6.92 Å². The largest absolute Gasteiger partial charge is 0.324 e. The molecule has 0 spiro atoms. The van der Waals surface area contributed by atoms with Gasteiger partial charge in [0.05, 0.1) is 0 Å². The Bertz CT molecular complexity index is 643. The number of nitrogens with zero attached hydrogens (tertiary/aromatic N) is 3. The van der Waals surface area contributed by atoms with Gasteiger partial charge in [-0.1, -0.05) is 24.3 Å². The summed E-state index contributed by atoms with van der Waals surface area (Å²) in [6, 6.07) is 15.9. The van der Waals surface area contributed by atoms with E-state index in [4.69, 9.17) is 0 Å². The number of rotatable bonds is 2. The Kier molecular flexibility index (Phi) is 2.26. The van der Waals surface area contributed by atoms with E-state index in [2.05, 4.69) is 15.5 Å². The predicted molar refractivity (Wildman–Crippen MR) is 67.4 cm³/mol. The lowest BCUT2D eigenvalue weighted by atomic mass is 10.3. The molecule has 0 atom stereocenters. The molecule has 0 radical (unpaired) electrons. The van der Waals surface area contributed by atoms with E-state index >= 15 is 0 Å². The summed E-state index contributed by atoms with van der Waals surface area (Å²) in [5.41, 5.74) is 2.96. The summed E-state index contributed by atoms with van der Waals surface area (Å²) >= 11 is 0. The Morgan fingerprint density at radius 3 is 2.59 bits per heavy atom. The predicted octanol–water partition coefficient (Wildman–Crippen LogP) is 2.78. The van der Waals surface area contributed by atoms with Crippen LogP contribution in [-0.2, 0) is 0 Å². The molecule has 0 aliphatic rings. The standard InChI is InChI=1S/C13H12N4/c1-10-6-5-9-12-15-16-13(17(10)12)14-11-7-3-2-4-8-11/h2-9H,1H3,(H,14,16). The quantitative estimate of drug-likeness (QED) is 0.727. The van der Waals surface area contributed by atoms with Crippen LogP contribution >= 0.6 is 0 Å². The first-order chi connectivity index (χ1) is 8.34. The zero-order valence-electron chi connectivity index (χ0n) is 9.46. The van der Waals surface area contributed by atoms with Gasteiger partial charge in [0, 0.05) is 11.4 Å². The number of aromatic nitrogens is 3. The average molecular weight is 224 g/mol. The van der Waals surface area contributed by atoms with Crippen LogP contribution in [0, 0.1) is 6.92 Å². The molecule has 0 saturated carbocycles. The summed E-state index contributed by atoms with van der Waals surface area (Å²) in [6.45, 7) is 2.03. The van der Waals surface area contributed by atoms with E-state index in [9.17, 15) is 0 Å². The van der Waals surface area contributed by atoms with E-state index in [0.717, 1.165) is 23.0 Å². The molecule has 17 heavy (non-hydrogen) atoms. The molecule has 3 aromatic rings. The number of hydrogen-bond donors (Lipinski definition) is 1. The summed E-state index contributed by atoms with van der Waals surface area (Å²) in [5, 5.41) is 11.5. The van der Waals surface area contributed by atoms with Crippen molar-refractivity contribution in [2.24, 2.45) is 0 Å². The molecule has 0 bridgehead atoms. The molecule has 4 heteroatoms. The van der Waals surface area contributed by atoms with Gasteiger partial charge in [0.15, 0.2) is 5.65 Å². The molecule has 2 aromatic heterocycles. The Morgan fingerprint density at radius 2 is 1.76 bits per heavy atom. The van der Waals surface area contributed by atoms with Gasteiger partial charge in [-0.2, -0.15) is 0 Å². The third-order valence-electron chi connectivity index (χ3n) is 2.65. The second kappa shape index (κ2) is 3.90. The van der Waals surface area contributed by atoms with Crippen LogP contribution in [0.1, 0.15) is 5.69 Å². The Morgan fingerprint density at radius 1 is 0.941 bits per heavy atom. The second-order valence-corrected chi connectivity index (χ2v) is 3.88. The number of anilines is 2. The minimum Gasteiger partial charge on any atom is -0.324 e. The normalized spacial score (nSPS) is 10.6. The first kappa shape index (κ1) is 9.84. The lowest BCUT2D eigenvalue weighted by molar-refractivity contribution is 1.07. The van der Waals surface area contributed by atoms with Crippen LogP contribution in [0.15, 0.2) is 48.5 Å². The van der Waals surface area contributed by atoms with E-state index < -0.39 is 0 Å². The van der Waals surface area contributed by atoms with Gasteiger partial charge < -0.3 is 5.32 Å². The van der Waals surface area contributed by atoms with E-state index in [-0.39, 0.29) is 0 Å². The number of benzene rings is 1. The maximum Gasteiger partial charge on any atom is 0.233 e. The molecule has 1 aromatic carbocycles. The molecule has 84 valence electrons. The zero-order chi connectivity index (χ0) is 11.7. The number of hydrogen-bond acceptors (Lipinski definition) is 3. The third-order valence-corrected chi connectivity index (χ3v) is 2.65. The van der Waals surface area contributed by atoms with Gasteiger partial charge in [0.2, 0.25) is 5.95 Å². The molecule has 0 unspecified atom stereocenters. The van der Waals surface area contributed by atoms with Crippen LogP contribution in [0.5, 0.6) is 0 Å². The summed E-state index contributed by atoms with van der Waals surface area (Å²) in [5.74, 6) is 0.740. The summed E-state index contributed by atoms with van der Waals surface area (Å²) in [6.07, 6.45) is 0. The number of aryl methyl sites for hydroxylation is 1. The molecule has 3 rings (SSSR count). The van der Waals surface area contributed by atoms with Crippen molar-refractivity contribution in [2.75, 3.05) is 5.32 Å². The fourth-order valence-corrected chi connectivity index (χ4v) is 1.83. The minimum absolute atomic E-state index is 0.740. The smallest absolute Gasteiger partial charge is 0.233 e. The van der Waals surface area contributed by atoms with E-state index in [0.29, 0.717) is 0 Å². The Balaban J connectivity index is 2.07. The number of para-hydroxylation sites is 1. The maximum atomic E-state index is 4.15. The Hall–Kier alpha value is -2.36. The highest BCUT2D eigenvalue weighted by Gasteiger charge is 2.06. The van der Waals surface area contributed by atoms with Crippen LogP contribution in [0.3, 0.4) is 0 Å². The van der Waals surface area contributed by atoms with Crippen LogP contribution in [-0.4, -0.2) is 14.6 Å². The highest BCUT2D eigenvalue weighted by molar-refractivity contribution is 5.57. The van der Waals surface area contributed by atoms with Crippen LogP contribution in [0.2, 0.25) is 0 Å². The molecule has 0 aliphatic carbocycles. The average Bonchev–Trinajstić information content (AvgIpc) is 2.75. The van der Waals surface area contributed by atoms with Gasteiger partial charge in [-0.25, -0.2) is 0 Å². The van der Waals surface area contributed by atoms with Crippen molar-refractivity contribution >= 4 is 17.3 Å². The molecule has 0 saturated heterocycles. The van der Waals surface area contributed by atoms with Crippen molar-refractivity contribution < 1.29 is 0 Å². The number of fused-ring (bicyclic) bond motifs is 1. The lowest BCUT2D eigenvalue weighted by Gasteiger charge is -2.05. The van der Waals surface area contributed by atoms with Gasteiger partial charge in [-0.05, 0) is 31.2 Å². The molecule has 0 amide bonds. The molecule has 0 fully saturated rings. The topological polar surface area (TPSA) is 42.2 Å². The van der Waals surface area contributed by atoms with Gasteiger partial charge in [0.1, 0.15) is 0 Å². The maximum absolute atomic E-state index is 4.15. The van der Waals surface area contributed by atoms with E-state index in [1.54, 1.807) is 0 Å². The molecule has 1 N–H and O–H groups in total. The van der Waals surface area contributed by atoms with Crippen LogP contribution < -0.4 is 5.32 Å². The molecule has 4 nitrogen and oxygen atoms in total. The van der Waals surface area contributed by atoms with Gasteiger partial charge in [-0.3, -0.25) is 4.40 Å². The summed E-state index contributed by atoms with van der Waals surface area (Å²) < 4.78 is 1.99. The third kappa shape index (κ3) is 1.73. The van der Waals surface area contributed by atoms with Crippen molar-refractivity contribution in [3.05, 3.63) is 54.2 Å². The molecule has 2 heterocycles. The zero-order valence-corrected chi connectivity index (χ0v) is 9.46. The van der Waals surface area contributed by atoms with E-state index in [1.165, 1.54) is 0 Å². The minimum atomic E-state index is 0.740. The summed E-state index contributed by atoms with van der Waals surface area (Å²) in [7, 11) is 0. The van der Waals surface area contributed by atoms with E-state index in [1.807, 2.05) is 59.9 Å². The number of pyridine rings is 1.